The van der Waals surface area contributed by atoms with E-state index in [0.717, 1.165) is 64.7 Å². The Hall–Kier alpha value is -0.460. The second kappa shape index (κ2) is 12.0. The van der Waals surface area contributed by atoms with Crippen molar-refractivity contribution in [3.63, 3.8) is 0 Å². The van der Waals surface area contributed by atoms with Crippen molar-refractivity contribution in [1.82, 2.24) is 10.6 Å². The molecule has 0 radical (unpaired) electrons. The molecule has 2 N–H and O–H groups in total. The molecule has 2 aliphatic rings. The largest absolute Gasteiger partial charge is 0.381 e. The van der Waals surface area contributed by atoms with E-state index in [1.165, 1.54) is 24.3 Å². The summed E-state index contributed by atoms with van der Waals surface area (Å²) in [6, 6.07) is 0.566. The van der Waals surface area contributed by atoms with Gasteiger partial charge in [0.1, 0.15) is 0 Å². The van der Waals surface area contributed by atoms with Gasteiger partial charge in [-0.05, 0) is 50.7 Å². The van der Waals surface area contributed by atoms with Crippen LogP contribution in [0.5, 0.6) is 0 Å². The Morgan fingerprint density at radius 1 is 1.30 bits per heavy atom. The van der Waals surface area contributed by atoms with Gasteiger partial charge in [0, 0.05) is 51.3 Å². The predicted molar refractivity (Wildman–Crippen MR) is 98.4 cm³/mol. The highest BCUT2D eigenvalue weighted by Gasteiger charge is 2.15. The minimum absolute atomic E-state index is 0.566. The van der Waals surface area contributed by atoms with Gasteiger partial charge in [-0.3, -0.25) is 4.99 Å². The molecule has 0 spiro atoms. The fourth-order valence-corrected chi connectivity index (χ4v) is 3.96. The molecule has 0 aromatic heterocycles. The second-order valence-electron chi connectivity index (χ2n) is 6.30. The number of guanidine groups is 1. The summed E-state index contributed by atoms with van der Waals surface area (Å²) in [6.45, 7) is 7.33. The van der Waals surface area contributed by atoms with Gasteiger partial charge in [-0.2, -0.15) is 11.8 Å². The van der Waals surface area contributed by atoms with Gasteiger partial charge in [-0.15, -0.1) is 0 Å². The van der Waals surface area contributed by atoms with Crippen LogP contribution in [0, 0.1) is 5.92 Å². The molecular formula is C17H33N3O2S. The molecule has 23 heavy (non-hydrogen) atoms. The van der Waals surface area contributed by atoms with Crippen LogP contribution in [0.3, 0.4) is 0 Å². The van der Waals surface area contributed by atoms with E-state index in [9.17, 15) is 0 Å². The molecule has 5 nitrogen and oxygen atoms in total. The third-order valence-corrected chi connectivity index (χ3v) is 5.47. The van der Waals surface area contributed by atoms with E-state index in [2.05, 4.69) is 22.5 Å². The van der Waals surface area contributed by atoms with E-state index >= 15 is 0 Å². The first-order chi connectivity index (χ1) is 11.4. The fraction of sp³-hybridized carbons (Fsp3) is 0.941. The normalized spacial score (nSPS) is 23.7. The van der Waals surface area contributed by atoms with Crippen molar-refractivity contribution in [1.29, 1.82) is 0 Å². The average molecular weight is 344 g/mol. The number of rotatable bonds is 8. The lowest BCUT2D eigenvalue weighted by molar-refractivity contribution is 0.0205. The first-order valence-electron chi connectivity index (χ1n) is 9.16. The van der Waals surface area contributed by atoms with Crippen molar-refractivity contribution in [3.05, 3.63) is 0 Å². The molecule has 0 saturated carbocycles. The number of ether oxygens (including phenoxy) is 2. The van der Waals surface area contributed by atoms with Crippen molar-refractivity contribution in [2.24, 2.45) is 10.9 Å². The van der Waals surface area contributed by atoms with E-state index in [-0.39, 0.29) is 0 Å². The summed E-state index contributed by atoms with van der Waals surface area (Å²) in [4.78, 5) is 4.68. The zero-order valence-electron chi connectivity index (χ0n) is 14.5. The van der Waals surface area contributed by atoms with Crippen molar-refractivity contribution < 1.29 is 9.47 Å². The Morgan fingerprint density at radius 3 is 2.91 bits per heavy atom. The molecule has 6 heteroatoms. The van der Waals surface area contributed by atoms with Crippen LogP contribution in [0.25, 0.3) is 0 Å². The van der Waals surface area contributed by atoms with Crippen LogP contribution in [0.1, 0.15) is 39.0 Å². The van der Waals surface area contributed by atoms with E-state index in [4.69, 9.17) is 9.47 Å². The third kappa shape index (κ3) is 8.27. The van der Waals surface area contributed by atoms with E-state index < -0.39 is 0 Å². The Morgan fingerprint density at radius 2 is 2.17 bits per heavy atom. The number of hydrogen-bond donors (Lipinski definition) is 2. The summed E-state index contributed by atoms with van der Waals surface area (Å²) in [5.41, 5.74) is 0. The molecule has 0 amide bonds. The SMILES string of the molecule is CCNC(=NCCCOCC1CCOCC1)NC1CCCSC1. The minimum Gasteiger partial charge on any atom is -0.381 e. The van der Waals surface area contributed by atoms with Crippen LogP contribution in [-0.2, 0) is 9.47 Å². The molecule has 0 aromatic rings. The lowest BCUT2D eigenvalue weighted by Crippen LogP contribution is -2.45. The molecule has 0 bridgehead atoms. The highest BCUT2D eigenvalue weighted by molar-refractivity contribution is 7.99. The van der Waals surface area contributed by atoms with Gasteiger partial charge in [-0.25, -0.2) is 0 Å². The van der Waals surface area contributed by atoms with Crippen molar-refractivity contribution in [3.8, 4) is 0 Å². The van der Waals surface area contributed by atoms with E-state index in [1.54, 1.807) is 0 Å². The summed E-state index contributed by atoms with van der Waals surface area (Å²) in [7, 11) is 0. The van der Waals surface area contributed by atoms with Gasteiger partial charge in [0.05, 0.1) is 0 Å². The van der Waals surface area contributed by atoms with Gasteiger partial charge in [0.2, 0.25) is 0 Å². The van der Waals surface area contributed by atoms with Crippen LogP contribution in [0.2, 0.25) is 0 Å². The van der Waals surface area contributed by atoms with Crippen molar-refractivity contribution in [2.45, 2.75) is 45.1 Å². The maximum atomic E-state index is 5.80. The molecule has 2 rings (SSSR count). The topological polar surface area (TPSA) is 54.9 Å². The van der Waals surface area contributed by atoms with Crippen LogP contribution in [0.15, 0.2) is 4.99 Å². The number of nitrogens with one attached hydrogen (secondary N) is 2. The molecule has 1 atom stereocenters. The summed E-state index contributed by atoms with van der Waals surface area (Å²) in [5, 5.41) is 6.91. The van der Waals surface area contributed by atoms with Crippen molar-refractivity contribution in [2.75, 3.05) is 51.0 Å². The van der Waals surface area contributed by atoms with Gasteiger partial charge in [0.15, 0.2) is 5.96 Å². The zero-order chi connectivity index (χ0) is 16.2. The quantitative estimate of drug-likeness (QED) is 0.402. The average Bonchev–Trinajstić information content (AvgIpc) is 2.60. The summed E-state index contributed by atoms with van der Waals surface area (Å²) >= 11 is 2.04. The first-order valence-corrected chi connectivity index (χ1v) is 10.3. The number of thioether (sulfide) groups is 1. The Labute approximate surface area is 145 Å². The smallest absolute Gasteiger partial charge is 0.191 e. The number of hydrogen-bond acceptors (Lipinski definition) is 4. The highest BCUT2D eigenvalue weighted by Crippen LogP contribution is 2.16. The lowest BCUT2D eigenvalue weighted by atomic mass is 10.0. The molecule has 2 saturated heterocycles. The Kier molecular flexibility index (Phi) is 9.83. The Balaban J connectivity index is 1.56. The van der Waals surface area contributed by atoms with Gasteiger partial charge in [-0.1, -0.05) is 0 Å². The maximum absolute atomic E-state index is 5.80. The highest BCUT2D eigenvalue weighted by atomic mass is 32.2. The van der Waals surface area contributed by atoms with Gasteiger partial charge < -0.3 is 20.1 Å². The van der Waals surface area contributed by atoms with Crippen LogP contribution < -0.4 is 10.6 Å². The van der Waals surface area contributed by atoms with Gasteiger partial charge in [0.25, 0.3) is 0 Å². The molecule has 2 fully saturated rings. The first kappa shape index (κ1) is 18.9. The molecule has 0 aliphatic carbocycles. The second-order valence-corrected chi connectivity index (χ2v) is 7.45. The van der Waals surface area contributed by atoms with Crippen LogP contribution in [-0.4, -0.2) is 63.0 Å². The standard InChI is InChI=1S/C17H33N3O2S/c1-2-18-17(20-16-5-3-12-23-14-16)19-8-4-9-22-13-15-6-10-21-11-7-15/h15-16H,2-14H2,1H3,(H2,18,19,20). The third-order valence-electron chi connectivity index (χ3n) is 4.26. The monoisotopic (exact) mass is 343 g/mol. The molecule has 2 heterocycles. The summed E-state index contributed by atoms with van der Waals surface area (Å²) < 4.78 is 11.2. The Bertz CT molecular complexity index is 330. The summed E-state index contributed by atoms with van der Waals surface area (Å²) in [6.07, 6.45) is 5.84. The predicted octanol–water partition coefficient (Wildman–Crippen LogP) is 2.27. The molecule has 0 aromatic carbocycles. The van der Waals surface area contributed by atoms with Crippen LogP contribution in [0.4, 0.5) is 0 Å². The fourth-order valence-electron chi connectivity index (χ4n) is 2.89. The number of aliphatic imine (C=N–C) groups is 1. The van der Waals surface area contributed by atoms with Gasteiger partial charge >= 0.3 is 0 Å². The minimum atomic E-state index is 0.566. The van der Waals surface area contributed by atoms with Crippen molar-refractivity contribution >= 4 is 17.7 Å². The van der Waals surface area contributed by atoms with Crippen LogP contribution >= 0.6 is 11.8 Å². The molecule has 1 unspecified atom stereocenters. The molecule has 134 valence electrons. The molecular weight excluding hydrogens is 310 g/mol. The number of nitrogens with zero attached hydrogens (tertiary/aromatic N) is 1. The lowest BCUT2D eigenvalue weighted by Gasteiger charge is -2.24. The van der Waals surface area contributed by atoms with E-state index in [0.29, 0.717) is 12.0 Å². The van der Waals surface area contributed by atoms with E-state index in [1.807, 2.05) is 11.8 Å². The molecule has 2 aliphatic heterocycles. The zero-order valence-corrected chi connectivity index (χ0v) is 15.3. The maximum Gasteiger partial charge on any atom is 0.191 e. The summed E-state index contributed by atoms with van der Waals surface area (Å²) in [5.74, 6) is 4.15.